The zero-order valence-corrected chi connectivity index (χ0v) is 15.7. The fraction of sp³-hybridized carbons (Fsp3) is 0.263. The van der Waals surface area contributed by atoms with Gasteiger partial charge in [0.1, 0.15) is 11.5 Å². The summed E-state index contributed by atoms with van der Waals surface area (Å²) in [6.07, 6.45) is 1.95. The van der Waals surface area contributed by atoms with Crippen LogP contribution in [0.2, 0.25) is 0 Å². The molecule has 0 fully saturated rings. The number of thiophene rings is 1. The smallest absolute Gasteiger partial charge is 0.331 e. The fourth-order valence-corrected chi connectivity index (χ4v) is 2.73. The second-order valence-corrected chi connectivity index (χ2v) is 6.39. The molecule has 138 valence electrons. The highest BCUT2D eigenvalue weighted by Gasteiger charge is 2.16. The van der Waals surface area contributed by atoms with Gasteiger partial charge < -0.3 is 19.5 Å². The molecule has 1 atom stereocenters. The second kappa shape index (κ2) is 9.62. The number of benzene rings is 1. The highest BCUT2D eigenvalue weighted by molar-refractivity contribution is 7.09. The maximum Gasteiger partial charge on any atom is 0.331 e. The molecule has 0 bridgehead atoms. The van der Waals surface area contributed by atoms with Crippen molar-refractivity contribution in [2.45, 2.75) is 19.6 Å². The van der Waals surface area contributed by atoms with E-state index in [4.69, 9.17) is 14.2 Å². The first-order valence-corrected chi connectivity index (χ1v) is 8.81. The lowest BCUT2D eigenvalue weighted by atomic mass is 10.2. The third-order valence-corrected chi connectivity index (χ3v) is 4.34. The van der Waals surface area contributed by atoms with E-state index in [1.54, 1.807) is 49.8 Å². The molecule has 0 saturated carbocycles. The molecule has 6 nitrogen and oxygen atoms in total. The van der Waals surface area contributed by atoms with E-state index in [1.165, 1.54) is 13.0 Å². The van der Waals surface area contributed by atoms with Crippen LogP contribution in [0.1, 0.15) is 17.4 Å². The summed E-state index contributed by atoms with van der Waals surface area (Å²) >= 11 is 1.55. The van der Waals surface area contributed by atoms with E-state index >= 15 is 0 Å². The normalized spacial score (nSPS) is 11.8. The predicted octanol–water partition coefficient (Wildman–Crippen LogP) is 3.03. The van der Waals surface area contributed by atoms with E-state index in [1.807, 2.05) is 17.5 Å². The third-order valence-electron chi connectivity index (χ3n) is 3.46. The van der Waals surface area contributed by atoms with Gasteiger partial charge in [-0.2, -0.15) is 0 Å². The molecule has 1 amide bonds. The number of hydrogen-bond donors (Lipinski definition) is 1. The zero-order chi connectivity index (χ0) is 18.9. The van der Waals surface area contributed by atoms with E-state index in [0.29, 0.717) is 23.6 Å². The summed E-state index contributed by atoms with van der Waals surface area (Å²) in [5, 5.41) is 4.67. The first-order chi connectivity index (χ1) is 12.5. The van der Waals surface area contributed by atoms with Crippen LogP contribution in [0.3, 0.4) is 0 Å². The van der Waals surface area contributed by atoms with Gasteiger partial charge in [0.05, 0.1) is 20.8 Å². The van der Waals surface area contributed by atoms with E-state index in [9.17, 15) is 9.59 Å². The summed E-state index contributed by atoms with van der Waals surface area (Å²) < 4.78 is 15.5. The number of carbonyl (C=O) groups is 2. The van der Waals surface area contributed by atoms with Crippen molar-refractivity contribution in [3.05, 3.63) is 52.2 Å². The summed E-state index contributed by atoms with van der Waals surface area (Å²) in [5.41, 5.74) is 0.716. The van der Waals surface area contributed by atoms with Crippen molar-refractivity contribution in [1.29, 1.82) is 0 Å². The lowest BCUT2D eigenvalue weighted by Crippen LogP contribution is -2.34. The van der Waals surface area contributed by atoms with Crippen molar-refractivity contribution < 1.29 is 23.8 Å². The predicted molar refractivity (Wildman–Crippen MR) is 100 cm³/mol. The Hall–Kier alpha value is -2.80. The molecule has 0 spiro atoms. The van der Waals surface area contributed by atoms with Crippen molar-refractivity contribution >= 4 is 29.3 Å². The van der Waals surface area contributed by atoms with Gasteiger partial charge in [-0.15, -0.1) is 11.3 Å². The molecule has 1 heterocycles. The maximum absolute atomic E-state index is 12.0. The molecule has 0 radical (unpaired) electrons. The molecule has 0 aliphatic carbocycles. The van der Waals surface area contributed by atoms with Crippen LogP contribution in [-0.2, 0) is 20.9 Å². The average molecular weight is 375 g/mol. The molecule has 1 aromatic carbocycles. The number of nitrogens with one attached hydrogen (secondary N) is 1. The Morgan fingerprint density at radius 3 is 2.46 bits per heavy atom. The Bertz CT molecular complexity index is 748. The Morgan fingerprint density at radius 2 is 1.88 bits per heavy atom. The topological polar surface area (TPSA) is 73.9 Å². The molecule has 2 aromatic rings. The summed E-state index contributed by atoms with van der Waals surface area (Å²) in [6, 6.07) is 9.07. The number of amides is 1. The van der Waals surface area contributed by atoms with Crippen LogP contribution in [0.5, 0.6) is 11.5 Å². The second-order valence-electron chi connectivity index (χ2n) is 5.36. The highest BCUT2D eigenvalue weighted by atomic mass is 32.1. The van der Waals surface area contributed by atoms with Crippen molar-refractivity contribution in [3.8, 4) is 11.5 Å². The Morgan fingerprint density at radius 1 is 1.19 bits per heavy atom. The zero-order valence-electron chi connectivity index (χ0n) is 14.9. The van der Waals surface area contributed by atoms with Crippen molar-refractivity contribution in [2.75, 3.05) is 14.2 Å². The van der Waals surface area contributed by atoms with Crippen molar-refractivity contribution in [2.24, 2.45) is 0 Å². The monoisotopic (exact) mass is 375 g/mol. The quantitative estimate of drug-likeness (QED) is 0.567. The van der Waals surface area contributed by atoms with Gasteiger partial charge in [0, 0.05) is 17.0 Å². The molecule has 0 aliphatic rings. The van der Waals surface area contributed by atoms with Crippen LogP contribution in [-0.4, -0.2) is 32.2 Å². The van der Waals surface area contributed by atoms with Crippen LogP contribution >= 0.6 is 11.3 Å². The van der Waals surface area contributed by atoms with Gasteiger partial charge in [0.2, 0.25) is 0 Å². The van der Waals surface area contributed by atoms with E-state index < -0.39 is 12.1 Å². The third kappa shape index (κ3) is 5.93. The maximum atomic E-state index is 12.0. The minimum atomic E-state index is -0.882. The van der Waals surface area contributed by atoms with Gasteiger partial charge in [0.25, 0.3) is 5.91 Å². The van der Waals surface area contributed by atoms with Crippen LogP contribution in [0.15, 0.2) is 41.8 Å². The number of hydrogen-bond acceptors (Lipinski definition) is 6. The van der Waals surface area contributed by atoms with Gasteiger partial charge in [-0.3, -0.25) is 4.79 Å². The number of esters is 1. The van der Waals surface area contributed by atoms with E-state index in [-0.39, 0.29) is 5.91 Å². The average Bonchev–Trinajstić information content (AvgIpc) is 3.17. The minimum Gasteiger partial charge on any atom is -0.497 e. The Labute approximate surface area is 156 Å². The molecule has 1 aromatic heterocycles. The molecule has 0 unspecified atom stereocenters. The van der Waals surface area contributed by atoms with Gasteiger partial charge >= 0.3 is 5.97 Å². The summed E-state index contributed by atoms with van der Waals surface area (Å²) in [5.74, 6) is 0.270. The minimum absolute atomic E-state index is 0.344. The molecule has 26 heavy (non-hydrogen) atoms. The number of methoxy groups -OCH3 is 2. The van der Waals surface area contributed by atoms with E-state index in [2.05, 4.69) is 5.32 Å². The van der Waals surface area contributed by atoms with Crippen molar-refractivity contribution in [3.63, 3.8) is 0 Å². The molecular weight excluding hydrogens is 354 g/mol. The Kier molecular flexibility index (Phi) is 7.23. The van der Waals surface area contributed by atoms with Crippen LogP contribution in [0.4, 0.5) is 0 Å². The first kappa shape index (κ1) is 19.5. The highest BCUT2D eigenvalue weighted by Crippen LogP contribution is 2.23. The molecule has 7 heteroatoms. The van der Waals surface area contributed by atoms with Gasteiger partial charge in [-0.25, -0.2) is 4.79 Å². The summed E-state index contributed by atoms with van der Waals surface area (Å²) in [4.78, 5) is 24.9. The van der Waals surface area contributed by atoms with Gasteiger partial charge in [-0.05, 0) is 42.1 Å². The van der Waals surface area contributed by atoms with Crippen LogP contribution in [0.25, 0.3) is 6.08 Å². The first-order valence-electron chi connectivity index (χ1n) is 7.93. The lowest BCUT2D eigenvalue weighted by molar-refractivity contribution is -0.150. The standard InChI is InChI=1S/C19H21NO5S/c1-13(19(22)20-12-17-5-4-8-26-17)25-18(21)7-6-14-9-15(23-2)11-16(10-14)24-3/h4-11,13H,12H2,1-3H3,(H,20,22)/b7-6+/t13-/m1/s1. The van der Waals surface area contributed by atoms with Gasteiger partial charge in [0.15, 0.2) is 6.10 Å². The SMILES string of the molecule is COc1cc(/C=C/C(=O)O[C@H](C)C(=O)NCc2cccs2)cc(OC)c1. The molecular formula is C19H21NO5S. The number of ether oxygens (including phenoxy) is 3. The fourth-order valence-electron chi connectivity index (χ4n) is 2.09. The van der Waals surface area contributed by atoms with Crippen LogP contribution < -0.4 is 14.8 Å². The molecule has 0 saturated heterocycles. The van der Waals surface area contributed by atoms with Crippen LogP contribution in [0, 0.1) is 0 Å². The molecule has 2 rings (SSSR count). The summed E-state index contributed by atoms with van der Waals surface area (Å²) in [6.45, 7) is 1.95. The van der Waals surface area contributed by atoms with E-state index in [0.717, 1.165) is 4.88 Å². The van der Waals surface area contributed by atoms with Gasteiger partial charge in [-0.1, -0.05) is 6.07 Å². The number of carbonyl (C=O) groups excluding carboxylic acids is 2. The largest absolute Gasteiger partial charge is 0.497 e. The Balaban J connectivity index is 1.88. The van der Waals surface area contributed by atoms with Crippen molar-refractivity contribution in [1.82, 2.24) is 5.32 Å². The summed E-state index contributed by atoms with van der Waals surface area (Å²) in [7, 11) is 3.10. The molecule has 1 N–H and O–H groups in total. The number of rotatable bonds is 8. The lowest BCUT2D eigenvalue weighted by Gasteiger charge is -2.11. The molecule has 0 aliphatic heterocycles.